The summed E-state index contributed by atoms with van der Waals surface area (Å²) in [5, 5.41) is 0. The third-order valence-electron chi connectivity index (χ3n) is 4.42. The molecule has 2 amide bonds. The number of nitrogens with zero attached hydrogens (tertiary/aromatic N) is 3. The first-order chi connectivity index (χ1) is 13.8. The van der Waals surface area contributed by atoms with Crippen molar-refractivity contribution in [3.8, 4) is 0 Å². The Morgan fingerprint density at radius 3 is 2.69 bits per heavy atom. The summed E-state index contributed by atoms with van der Waals surface area (Å²) in [5.74, 6) is -2.81. The molecule has 0 aliphatic carbocycles. The monoisotopic (exact) mass is 437 g/mol. The second kappa shape index (κ2) is 9.02. The molecule has 2 heterocycles. The predicted molar refractivity (Wildman–Crippen MR) is 111 cm³/mol. The number of rotatable bonds is 6. The van der Waals surface area contributed by atoms with E-state index >= 15 is 0 Å². The van der Waals surface area contributed by atoms with Crippen LogP contribution < -0.4 is 4.80 Å². The van der Waals surface area contributed by atoms with Crippen molar-refractivity contribution in [3.63, 3.8) is 0 Å². The molecular formula is C19H23N3O5S2. The zero-order valence-corrected chi connectivity index (χ0v) is 17.8. The van der Waals surface area contributed by atoms with E-state index in [4.69, 9.17) is 4.74 Å². The molecule has 1 aliphatic heterocycles. The molecule has 0 unspecified atom stereocenters. The van der Waals surface area contributed by atoms with Gasteiger partial charge in [0.25, 0.3) is 5.91 Å². The Kier molecular flexibility index (Phi) is 6.66. The fraction of sp³-hybridized carbons (Fsp3) is 0.421. The van der Waals surface area contributed by atoms with Crippen molar-refractivity contribution in [2.45, 2.75) is 13.5 Å². The lowest BCUT2D eigenvalue weighted by molar-refractivity contribution is -0.132. The van der Waals surface area contributed by atoms with Crippen LogP contribution in [-0.2, 0) is 30.7 Å². The third-order valence-corrected chi connectivity index (χ3v) is 6.84. The number of allylic oxidation sites excluding steroid dienone is 1. The van der Waals surface area contributed by atoms with Gasteiger partial charge in [0.2, 0.25) is 5.91 Å². The standard InChI is InChI=1S/C19H23N3O5S2/c1-3-6-22-15-5-4-14(2)11-16(15)28-19(22)20-17(23)12-29(25,26)13-18(24)21-7-9-27-10-8-21/h3-5,11H,1,6-10,12-13H2,2H3. The zero-order chi connectivity index (χ0) is 21.0. The fourth-order valence-electron chi connectivity index (χ4n) is 3.04. The number of aryl methyl sites for hydroxylation is 1. The Labute approximate surface area is 173 Å². The topological polar surface area (TPSA) is 98.0 Å². The molecule has 1 aromatic carbocycles. The first kappa shape index (κ1) is 21.4. The normalized spacial score (nSPS) is 15.6. The number of carbonyl (C=O) groups is 2. The minimum Gasteiger partial charge on any atom is -0.378 e. The Hall–Kier alpha value is -2.30. The van der Waals surface area contributed by atoms with Crippen LogP contribution >= 0.6 is 11.3 Å². The highest BCUT2D eigenvalue weighted by molar-refractivity contribution is 7.92. The van der Waals surface area contributed by atoms with Gasteiger partial charge in [-0.25, -0.2) is 8.42 Å². The van der Waals surface area contributed by atoms with Gasteiger partial charge in [0.1, 0.15) is 11.5 Å². The number of carbonyl (C=O) groups excluding carboxylic acids is 2. The van der Waals surface area contributed by atoms with Gasteiger partial charge in [0.05, 0.1) is 23.4 Å². The number of fused-ring (bicyclic) bond motifs is 1. The molecule has 0 saturated carbocycles. The van der Waals surface area contributed by atoms with Crippen molar-refractivity contribution in [1.29, 1.82) is 0 Å². The van der Waals surface area contributed by atoms with E-state index in [1.165, 1.54) is 16.2 Å². The van der Waals surface area contributed by atoms with Gasteiger partial charge in [-0.05, 0) is 24.6 Å². The van der Waals surface area contributed by atoms with Crippen molar-refractivity contribution in [2.75, 3.05) is 37.8 Å². The van der Waals surface area contributed by atoms with Crippen LogP contribution in [0.1, 0.15) is 5.56 Å². The smallest absolute Gasteiger partial charge is 0.263 e. The second-order valence-electron chi connectivity index (χ2n) is 6.79. The maximum atomic E-state index is 12.4. The lowest BCUT2D eigenvalue weighted by Gasteiger charge is -2.26. The maximum absolute atomic E-state index is 12.4. The van der Waals surface area contributed by atoms with Gasteiger partial charge in [-0.1, -0.05) is 23.5 Å². The lowest BCUT2D eigenvalue weighted by Crippen LogP contribution is -2.43. The molecule has 1 saturated heterocycles. The van der Waals surface area contributed by atoms with E-state index in [0.717, 1.165) is 15.8 Å². The highest BCUT2D eigenvalue weighted by atomic mass is 32.2. The molecular weight excluding hydrogens is 414 g/mol. The summed E-state index contributed by atoms with van der Waals surface area (Å²) in [7, 11) is -3.91. The number of hydrogen-bond donors (Lipinski definition) is 0. The average Bonchev–Trinajstić information content (AvgIpc) is 2.98. The highest BCUT2D eigenvalue weighted by Crippen LogP contribution is 2.19. The van der Waals surface area contributed by atoms with Crippen LogP contribution in [-0.4, -0.2) is 67.5 Å². The summed E-state index contributed by atoms with van der Waals surface area (Å²) < 4.78 is 32.6. The van der Waals surface area contributed by atoms with E-state index in [-0.39, 0.29) is 0 Å². The lowest BCUT2D eigenvalue weighted by atomic mass is 10.2. The molecule has 0 radical (unpaired) electrons. The number of morpholine rings is 1. The van der Waals surface area contributed by atoms with Gasteiger partial charge in [0.15, 0.2) is 14.6 Å². The number of ether oxygens (including phenoxy) is 1. The largest absolute Gasteiger partial charge is 0.378 e. The Morgan fingerprint density at radius 2 is 2.00 bits per heavy atom. The Balaban J connectivity index is 1.79. The van der Waals surface area contributed by atoms with Crippen LogP contribution in [0.3, 0.4) is 0 Å². The summed E-state index contributed by atoms with van der Waals surface area (Å²) in [6.07, 6.45) is 1.69. The van der Waals surface area contributed by atoms with E-state index in [1.807, 2.05) is 29.7 Å². The second-order valence-corrected chi connectivity index (χ2v) is 9.86. The van der Waals surface area contributed by atoms with Crippen molar-refractivity contribution in [2.24, 2.45) is 4.99 Å². The molecule has 1 aliphatic rings. The van der Waals surface area contributed by atoms with Gasteiger partial charge in [-0.15, -0.1) is 6.58 Å². The molecule has 8 nitrogen and oxygen atoms in total. The van der Waals surface area contributed by atoms with Crippen LogP contribution in [0.15, 0.2) is 35.8 Å². The van der Waals surface area contributed by atoms with Crippen LogP contribution in [0.4, 0.5) is 0 Å². The molecule has 0 N–H and O–H groups in total. The van der Waals surface area contributed by atoms with Gasteiger partial charge in [-0.3, -0.25) is 9.59 Å². The molecule has 29 heavy (non-hydrogen) atoms. The fourth-order valence-corrected chi connectivity index (χ4v) is 5.30. The first-order valence-electron chi connectivity index (χ1n) is 9.13. The summed E-state index contributed by atoms with van der Waals surface area (Å²) in [5.41, 5.74) is 1.98. The van der Waals surface area contributed by atoms with Crippen molar-refractivity contribution in [1.82, 2.24) is 9.47 Å². The molecule has 0 spiro atoms. The molecule has 0 atom stereocenters. The SMILES string of the molecule is C=CCn1c(=NC(=O)CS(=O)(=O)CC(=O)N2CCOCC2)sc2cc(C)ccc21. The number of sulfone groups is 1. The van der Waals surface area contributed by atoms with E-state index in [9.17, 15) is 18.0 Å². The summed E-state index contributed by atoms with van der Waals surface area (Å²) in [6, 6.07) is 5.88. The van der Waals surface area contributed by atoms with Gasteiger partial charge < -0.3 is 14.2 Å². The summed E-state index contributed by atoms with van der Waals surface area (Å²) in [6.45, 7) is 7.62. The summed E-state index contributed by atoms with van der Waals surface area (Å²) in [4.78, 5) is 30.4. The Morgan fingerprint density at radius 1 is 1.28 bits per heavy atom. The van der Waals surface area contributed by atoms with Gasteiger partial charge in [-0.2, -0.15) is 4.99 Å². The maximum Gasteiger partial charge on any atom is 0.263 e. The van der Waals surface area contributed by atoms with E-state index in [1.54, 1.807) is 6.08 Å². The molecule has 1 fully saturated rings. The minimum atomic E-state index is -3.91. The number of benzene rings is 1. The van der Waals surface area contributed by atoms with Crippen molar-refractivity contribution >= 4 is 43.2 Å². The van der Waals surface area contributed by atoms with Crippen LogP contribution in [0, 0.1) is 6.92 Å². The molecule has 0 bridgehead atoms. The molecule has 3 rings (SSSR count). The number of amides is 2. The third kappa shape index (κ3) is 5.40. The zero-order valence-electron chi connectivity index (χ0n) is 16.2. The quantitative estimate of drug-likeness (QED) is 0.626. The molecule has 10 heteroatoms. The first-order valence-corrected chi connectivity index (χ1v) is 11.8. The number of hydrogen-bond acceptors (Lipinski definition) is 6. The molecule has 2 aromatic rings. The van der Waals surface area contributed by atoms with Crippen molar-refractivity contribution < 1.29 is 22.7 Å². The average molecular weight is 438 g/mol. The number of aromatic nitrogens is 1. The highest BCUT2D eigenvalue weighted by Gasteiger charge is 2.25. The van der Waals surface area contributed by atoms with Gasteiger partial charge in [0, 0.05) is 19.6 Å². The van der Waals surface area contributed by atoms with Crippen molar-refractivity contribution in [3.05, 3.63) is 41.2 Å². The molecule has 156 valence electrons. The van der Waals surface area contributed by atoms with Crippen LogP contribution in [0.25, 0.3) is 10.2 Å². The van der Waals surface area contributed by atoms with Crippen LogP contribution in [0.5, 0.6) is 0 Å². The van der Waals surface area contributed by atoms with Crippen LogP contribution in [0.2, 0.25) is 0 Å². The van der Waals surface area contributed by atoms with Gasteiger partial charge >= 0.3 is 0 Å². The molecule has 1 aromatic heterocycles. The Bertz CT molecular complexity index is 1110. The minimum absolute atomic E-state index is 0.357. The number of thiazole rings is 1. The van der Waals surface area contributed by atoms with E-state index < -0.39 is 33.2 Å². The van der Waals surface area contributed by atoms with E-state index in [0.29, 0.717) is 37.6 Å². The summed E-state index contributed by atoms with van der Waals surface area (Å²) >= 11 is 1.31. The predicted octanol–water partition coefficient (Wildman–Crippen LogP) is 0.898. The van der Waals surface area contributed by atoms with E-state index in [2.05, 4.69) is 11.6 Å².